The minimum absolute atomic E-state index is 0.0566. The van der Waals surface area contributed by atoms with E-state index in [1.807, 2.05) is 0 Å². The molecule has 2 aromatic rings. The molecule has 0 N–H and O–H groups in total. The van der Waals surface area contributed by atoms with Crippen LogP contribution in [0.2, 0.25) is 0 Å². The van der Waals surface area contributed by atoms with E-state index in [0.717, 1.165) is 30.2 Å². The standard InChI is InChI=1S/C26H31F3/c1-2-3-4-17-5-6-20-14-21(8-7-19(20)13-17)22-15-24(28)26(25(29)16-22)18-9-11-23(27)12-10-18/h9-12,15-17,19-21H,2-8,13-14H2,1H3. The average molecular weight is 401 g/mol. The van der Waals surface area contributed by atoms with Gasteiger partial charge in [0.15, 0.2) is 0 Å². The van der Waals surface area contributed by atoms with Crippen molar-refractivity contribution in [2.75, 3.05) is 0 Å². The van der Waals surface area contributed by atoms with Gasteiger partial charge in [0.05, 0.1) is 5.56 Å². The van der Waals surface area contributed by atoms with E-state index in [9.17, 15) is 13.2 Å². The summed E-state index contributed by atoms with van der Waals surface area (Å²) < 4.78 is 42.8. The van der Waals surface area contributed by atoms with Crippen molar-refractivity contribution in [1.82, 2.24) is 0 Å². The number of rotatable bonds is 5. The zero-order valence-electron chi connectivity index (χ0n) is 17.3. The smallest absolute Gasteiger partial charge is 0.134 e. The lowest BCUT2D eigenvalue weighted by molar-refractivity contribution is 0.113. The molecule has 4 unspecified atom stereocenters. The second kappa shape index (κ2) is 8.93. The van der Waals surface area contributed by atoms with Crippen molar-refractivity contribution < 1.29 is 13.2 Å². The van der Waals surface area contributed by atoms with E-state index in [4.69, 9.17) is 0 Å². The summed E-state index contributed by atoms with van der Waals surface area (Å²) in [6, 6.07) is 8.36. The van der Waals surface area contributed by atoms with Gasteiger partial charge in [0.25, 0.3) is 0 Å². The number of halogens is 3. The first-order chi connectivity index (χ1) is 14.0. The normalized spacial score (nSPS) is 26.9. The van der Waals surface area contributed by atoms with Gasteiger partial charge in [-0.3, -0.25) is 0 Å². The Morgan fingerprint density at radius 2 is 1.48 bits per heavy atom. The van der Waals surface area contributed by atoms with E-state index < -0.39 is 17.5 Å². The van der Waals surface area contributed by atoms with Gasteiger partial charge in [0, 0.05) is 0 Å². The van der Waals surface area contributed by atoms with E-state index in [2.05, 4.69) is 6.92 Å². The van der Waals surface area contributed by atoms with Crippen molar-refractivity contribution >= 4 is 0 Å². The van der Waals surface area contributed by atoms with Gasteiger partial charge in [-0.05, 0) is 91.2 Å². The van der Waals surface area contributed by atoms with Gasteiger partial charge in [-0.25, -0.2) is 13.2 Å². The molecule has 2 fully saturated rings. The summed E-state index contributed by atoms with van der Waals surface area (Å²) in [6.07, 6.45) is 11.2. The maximum atomic E-state index is 14.8. The second-order valence-corrected chi connectivity index (χ2v) is 9.22. The molecule has 0 heterocycles. The fourth-order valence-electron chi connectivity index (χ4n) is 5.76. The van der Waals surface area contributed by atoms with Crippen molar-refractivity contribution in [3.63, 3.8) is 0 Å². The monoisotopic (exact) mass is 400 g/mol. The molecule has 2 aromatic carbocycles. The Balaban J connectivity index is 1.47. The van der Waals surface area contributed by atoms with Crippen LogP contribution >= 0.6 is 0 Å². The van der Waals surface area contributed by atoms with Crippen LogP contribution in [-0.2, 0) is 0 Å². The third kappa shape index (κ3) is 4.54. The van der Waals surface area contributed by atoms with E-state index in [1.165, 1.54) is 81.3 Å². The first-order valence-electron chi connectivity index (χ1n) is 11.3. The number of benzene rings is 2. The summed E-state index contributed by atoms with van der Waals surface area (Å²) in [5, 5.41) is 0. The van der Waals surface area contributed by atoms with Crippen molar-refractivity contribution in [3.05, 3.63) is 59.4 Å². The van der Waals surface area contributed by atoms with Gasteiger partial charge in [-0.15, -0.1) is 0 Å². The molecule has 0 aliphatic heterocycles. The molecule has 2 aliphatic carbocycles. The summed E-state index contributed by atoms with van der Waals surface area (Å²) in [5.41, 5.74) is 1.11. The molecule has 4 atom stereocenters. The summed E-state index contributed by atoms with van der Waals surface area (Å²) in [6.45, 7) is 2.26. The van der Waals surface area contributed by atoms with Crippen LogP contribution in [-0.4, -0.2) is 0 Å². The van der Waals surface area contributed by atoms with Crippen LogP contribution in [0.15, 0.2) is 36.4 Å². The van der Waals surface area contributed by atoms with Gasteiger partial charge >= 0.3 is 0 Å². The Morgan fingerprint density at radius 1 is 0.828 bits per heavy atom. The molecule has 0 saturated heterocycles. The van der Waals surface area contributed by atoms with E-state index in [0.29, 0.717) is 11.5 Å². The molecule has 3 heteroatoms. The lowest BCUT2D eigenvalue weighted by atomic mass is 9.63. The molecule has 156 valence electrons. The quantitative estimate of drug-likeness (QED) is 0.474. The lowest BCUT2D eigenvalue weighted by Crippen LogP contribution is -2.30. The van der Waals surface area contributed by atoms with Crippen LogP contribution in [0.5, 0.6) is 0 Å². The highest BCUT2D eigenvalue weighted by Crippen LogP contribution is 2.48. The molecule has 0 aromatic heterocycles. The summed E-state index contributed by atoms with van der Waals surface area (Å²) in [5.74, 6) is 1.14. The zero-order chi connectivity index (χ0) is 20.4. The number of unbranched alkanes of at least 4 members (excludes halogenated alkanes) is 1. The Morgan fingerprint density at radius 3 is 2.17 bits per heavy atom. The first-order valence-corrected chi connectivity index (χ1v) is 11.3. The highest BCUT2D eigenvalue weighted by molar-refractivity contribution is 5.65. The molecular weight excluding hydrogens is 369 g/mol. The third-order valence-electron chi connectivity index (χ3n) is 7.36. The van der Waals surface area contributed by atoms with Crippen LogP contribution in [0.25, 0.3) is 11.1 Å². The maximum Gasteiger partial charge on any atom is 0.134 e. The predicted molar refractivity (Wildman–Crippen MR) is 112 cm³/mol. The predicted octanol–water partition coefficient (Wildman–Crippen LogP) is 8.26. The fourth-order valence-corrected chi connectivity index (χ4v) is 5.76. The Bertz CT molecular complexity index is 803. The molecule has 29 heavy (non-hydrogen) atoms. The van der Waals surface area contributed by atoms with Crippen LogP contribution in [0.1, 0.15) is 76.2 Å². The molecule has 4 rings (SSSR count). The number of hydrogen-bond donors (Lipinski definition) is 0. The largest absolute Gasteiger partial charge is 0.207 e. The minimum Gasteiger partial charge on any atom is -0.207 e. The minimum atomic E-state index is -0.544. The van der Waals surface area contributed by atoms with Crippen LogP contribution in [0, 0.1) is 35.2 Å². The molecule has 2 aliphatic rings. The average Bonchev–Trinajstić information content (AvgIpc) is 2.72. The summed E-state index contributed by atoms with van der Waals surface area (Å²) in [4.78, 5) is 0. The highest BCUT2D eigenvalue weighted by atomic mass is 19.1. The number of hydrogen-bond acceptors (Lipinski definition) is 0. The Kier molecular flexibility index (Phi) is 6.32. The van der Waals surface area contributed by atoms with E-state index >= 15 is 0 Å². The topological polar surface area (TPSA) is 0 Å². The zero-order valence-corrected chi connectivity index (χ0v) is 17.3. The summed E-state index contributed by atoms with van der Waals surface area (Å²) in [7, 11) is 0. The van der Waals surface area contributed by atoms with Gasteiger partial charge < -0.3 is 0 Å². The third-order valence-corrected chi connectivity index (χ3v) is 7.36. The fraction of sp³-hybridized carbons (Fsp3) is 0.538. The number of fused-ring (bicyclic) bond motifs is 1. The van der Waals surface area contributed by atoms with Crippen molar-refractivity contribution in [3.8, 4) is 11.1 Å². The van der Waals surface area contributed by atoms with Gasteiger partial charge in [-0.2, -0.15) is 0 Å². The van der Waals surface area contributed by atoms with E-state index in [-0.39, 0.29) is 11.5 Å². The van der Waals surface area contributed by atoms with Crippen LogP contribution in [0.4, 0.5) is 13.2 Å². The van der Waals surface area contributed by atoms with Gasteiger partial charge in [0.1, 0.15) is 17.5 Å². The van der Waals surface area contributed by atoms with E-state index in [1.54, 1.807) is 0 Å². The SMILES string of the molecule is CCCCC1CCC2CC(c3cc(F)c(-c4ccc(F)cc4)c(F)c3)CCC2C1. The maximum absolute atomic E-state index is 14.8. The van der Waals surface area contributed by atoms with Crippen molar-refractivity contribution in [2.24, 2.45) is 17.8 Å². The van der Waals surface area contributed by atoms with Gasteiger partial charge in [0.2, 0.25) is 0 Å². The van der Waals surface area contributed by atoms with Crippen LogP contribution in [0.3, 0.4) is 0 Å². The molecule has 0 bridgehead atoms. The Hall–Kier alpha value is -1.77. The summed E-state index contributed by atoms with van der Waals surface area (Å²) >= 11 is 0. The highest BCUT2D eigenvalue weighted by Gasteiger charge is 2.36. The van der Waals surface area contributed by atoms with Gasteiger partial charge in [-0.1, -0.05) is 44.7 Å². The molecule has 0 nitrogen and oxygen atoms in total. The Labute approximate surface area is 172 Å². The van der Waals surface area contributed by atoms with Crippen LogP contribution < -0.4 is 0 Å². The van der Waals surface area contributed by atoms with Crippen molar-refractivity contribution in [2.45, 2.75) is 70.6 Å². The molecule has 0 amide bonds. The molecular formula is C26H31F3. The first kappa shape index (κ1) is 20.5. The molecule has 0 spiro atoms. The lowest BCUT2D eigenvalue weighted by Gasteiger charge is -2.42. The second-order valence-electron chi connectivity index (χ2n) is 9.22. The molecule has 2 saturated carbocycles. The molecule has 0 radical (unpaired) electrons. The van der Waals surface area contributed by atoms with Crippen molar-refractivity contribution in [1.29, 1.82) is 0 Å².